The molecule has 1 heterocycles. The number of urea groups is 1. The van der Waals surface area contributed by atoms with E-state index in [4.69, 9.17) is 14.5 Å². The van der Waals surface area contributed by atoms with Crippen molar-refractivity contribution in [3.63, 3.8) is 0 Å². The average Bonchev–Trinajstić information content (AvgIpc) is 2.87. The highest BCUT2D eigenvalue weighted by Crippen LogP contribution is 2.27. The Hall–Kier alpha value is -4.33. The lowest BCUT2D eigenvalue weighted by Gasteiger charge is -2.27. The van der Waals surface area contributed by atoms with Gasteiger partial charge in [0.2, 0.25) is 0 Å². The van der Waals surface area contributed by atoms with Gasteiger partial charge in [0.05, 0.1) is 36.9 Å². The normalized spacial score (nSPS) is 11.6. The van der Waals surface area contributed by atoms with Crippen LogP contribution in [-0.2, 0) is 0 Å². The Bertz CT molecular complexity index is 1400. The van der Waals surface area contributed by atoms with E-state index in [1.54, 1.807) is 75.9 Å². The maximum atomic E-state index is 13.6. The zero-order valence-electron chi connectivity index (χ0n) is 19.5. The second-order valence-electron chi connectivity index (χ2n) is 7.75. The Morgan fingerprint density at radius 3 is 2.50 bits per heavy atom. The molecule has 0 fully saturated rings. The van der Waals surface area contributed by atoms with Gasteiger partial charge in [-0.05, 0) is 43.3 Å². The third kappa shape index (κ3) is 4.30. The van der Waals surface area contributed by atoms with Gasteiger partial charge in [-0.25, -0.2) is 9.78 Å². The number of nitrogens with one attached hydrogen (secondary N) is 1. The predicted octanol–water partition coefficient (Wildman–Crippen LogP) is 4.63. The van der Waals surface area contributed by atoms with Crippen LogP contribution < -0.4 is 20.3 Å². The van der Waals surface area contributed by atoms with E-state index < -0.39 is 6.04 Å². The number of carbonyl (C=O) groups is 1. The second kappa shape index (κ2) is 9.66. The molecular weight excluding hydrogens is 432 g/mol. The van der Waals surface area contributed by atoms with Crippen molar-refractivity contribution in [2.24, 2.45) is 0 Å². The molecule has 0 aliphatic carbocycles. The molecule has 3 aromatic carbocycles. The summed E-state index contributed by atoms with van der Waals surface area (Å²) in [7, 11) is 4.78. The lowest BCUT2D eigenvalue weighted by atomic mass is 10.2. The van der Waals surface area contributed by atoms with Crippen molar-refractivity contribution in [3.8, 4) is 17.2 Å². The molecule has 174 valence electrons. The summed E-state index contributed by atoms with van der Waals surface area (Å²) in [6.45, 7) is 1.83. The van der Waals surface area contributed by atoms with Crippen molar-refractivity contribution >= 4 is 22.6 Å². The second-order valence-corrected chi connectivity index (χ2v) is 7.75. The molecule has 0 spiro atoms. The molecule has 1 unspecified atom stereocenters. The molecule has 8 heteroatoms. The van der Waals surface area contributed by atoms with Crippen LogP contribution in [0.4, 0.5) is 10.5 Å². The van der Waals surface area contributed by atoms with Crippen molar-refractivity contribution in [1.29, 1.82) is 0 Å². The topological polar surface area (TPSA) is 85.7 Å². The van der Waals surface area contributed by atoms with Gasteiger partial charge in [-0.3, -0.25) is 9.36 Å². The van der Waals surface area contributed by atoms with E-state index in [-0.39, 0.29) is 11.6 Å². The van der Waals surface area contributed by atoms with E-state index in [0.29, 0.717) is 39.6 Å². The summed E-state index contributed by atoms with van der Waals surface area (Å²) in [4.78, 5) is 33.0. The molecule has 2 amide bonds. The summed E-state index contributed by atoms with van der Waals surface area (Å²) in [5, 5.41) is 3.35. The molecule has 1 aromatic heterocycles. The number of para-hydroxylation sites is 3. The highest BCUT2D eigenvalue weighted by Gasteiger charge is 2.25. The fraction of sp³-hybridized carbons (Fsp3) is 0.192. The molecule has 0 bridgehead atoms. The smallest absolute Gasteiger partial charge is 0.322 e. The predicted molar refractivity (Wildman–Crippen MR) is 132 cm³/mol. The third-order valence-corrected chi connectivity index (χ3v) is 5.72. The molecule has 1 N–H and O–H groups in total. The van der Waals surface area contributed by atoms with E-state index in [0.717, 1.165) is 0 Å². The molecule has 0 aliphatic rings. The molecule has 4 rings (SSSR count). The maximum Gasteiger partial charge on any atom is 0.322 e. The minimum absolute atomic E-state index is 0.237. The summed E-state index contributed by atoms with van der Waals surface area (Å²) < 4.78 is 12.3. The zero-order chi connectivity index (χ0) is 24.2. The van der Waals surface area contributed by atoms with Crippen LogP contribution in [0.3, 0.4) is 0 Å². The Labute approximate surface area is 197 Å². The molecule has 1 atom stereocenters. The first-order valence-electron chi connectivity index (χ1n) is 10.8. The fourth-order valence-electron chi connectivity index (χ4n) is 3.74. The summed E-state index contributed by atoms with van der Waals surface area (Å²) in [6.07, 6.45) is 0. The molecule has 0 saturated carbocycles. The van der Waals surface area contributed by atoms with E-state index in [1.807, 2.05) is 25.1 Å². The van der Waals surface area contributed by atoms with Crippen molar-refractivity contribution in [3.05, 3.63) is 89.0 Å². The minimum Gasteiger partial charge on any atom is -0.497 e. The van der Waals surface area contributed by atoms with Crippen LogP contribution in [0, 0.1) is 0 Å². The van der Waals surface area contributed by atoms with Gasteiger partial charge in [0.1, 0.15) is 17.3 Å². The van der Waals surface area contributed by atoms with Gasteiger partial charge in [0.15, 0.2) is 0 Å². The minimum atomic E-state index is -0.548. The molecule has 4 aromatic rings. The lowest BCUT2D eigenvalue weighted by Crippen LogP contribution is -2.37. The van der Waals surface area contributed by atoms with Crippen LogP contribution >= 0.6 is 0 Å². The Kier molecular flexibility index (Phi) is 6.49. The first-order chi connectivity index (χ1) is 16.4. The SMILES string of the molecule is COc1cccc(NC(=O)N(C)C(C)c2nc3ccccc3c(=O)n2-c2ccccc2OC)c1. The van der Waals surface area contributed by atoms with Gasteiger partial charge in [-0.15, -0.1) is 0 Å². The monoisotopic (exact) mass is 458 g/mol. The average molecular weight is 459 g/mol. The summed E-state index contributed by atoms with van der Waals surface area (Å²) in [5.74, 6) is 1.57. The molecule has 0 aliphatic heterocycles. The number of anilines is 1. The molecule has 0 radical (unpaired) electrons. The first-order valence-corrected chi connectivity index (χ1v) is 10.8. The van der Waals surface area contributed by atoms with Gasteiger partial charge in [-0.1, -0.05) is 30.3 Å². The van der Waals surface area contributed by atoms with Gasteiger partial charge >= 0.3 is 6.03 Å². The number of methoxy groups -OCH3 is 2. The third-order valence-electron chi connectivity index (χ3n) is 5.72. The summed E-state index contributed by atoms with van der Waals surface area (Å²) >= 11 is 0. The Balaban J connectivity index is 1.79. The van der Waals surface area contributed by atoms with Crippen LogP contribution in [0.15, 0.2) is 77.6 Å². The number of amides is 2. The van der Waals surface area contributed by atoms with E-state index in [1.165, 1.54) is 9.47 Å². The van der Waals surface area contributed by atoms with Gasteiger partial charge in [0.25, 0.3) is 5.56 Å². The number of hydrogen-bond donors (Lipinski definition) is 1. The highest BCUT2D eigenvalue weighted by molar-refractivity contribution is 5.89. The molecule has 0 saturated heterocycles. The van der Waals surface area contributed by atoms with Crippen molar-refractivity contribution in [2.75, 3.05) is 26.6 Å². The number of aromatic nitrogens is 2. The quantitative estimate of drug-likeness (QED) is 0.455. The summed E-state index contributed by atoms with van der Waals surface area (Å²) in [5.41, 5.74) is 1.47. The number of fused-ring (bicyclic) bond motifs is 1. The van der Waals surface area contributed by atoms with E-state index in [2.05, 4.69) is 5.32 Å². The van der Waals surface area contributed by atoms with Crippen LogP contribution in [0.5, 0.6) is 11.5 Å². The number of benzene rings is 3. The van der Waals surface area contributed by atoms with Crippen LogP contribution in [0.25, 0.3) is 16.6 Å². The standard InChI is InChI=1S/C26H26N4O4/c1-17(29(2)26(32)27-18-10-9-11-19(16-18)33-3)24-28-21-13-6-5-12-20(21)25(31)30(24)22-14-7-8-15-23(22)34-4/h5-17H,1-4H3,(H,27,32). The lowest BCUT2D eigenvalue weighted by molar-refractivity contribution is 0.205. The molecule has 8 nitrogen and oxygen atoms in total. The number of carbonyl (C=O) groups excluding carboxylic acids is 1. The number of rotatable bonds is 6. The van der Waals surface area contributed by atoms with Crippen molar-refractivity contribution in [2.45, 2.75) is 13.0 Å². The largest absolute Gasteiger partial charge is 0.497 e. The number of ether oxygens (including phenoxy) is 2. The number of nitrogens with zero attached hydrogens (tertiary/aromatic N) is 3. The molecular formula is C26H26N4O4. The van der Waals surface area contributed by atoms with E-state index in [9.17, 15) is 9.59 Å². The van der Waals surface area contributed by atoms with Crippen LogP contribution in [-0.4, -0.2) is 41.7 Å². The first kappa shape index (κ1) is 22.8. The molecule has 34 heavy (non-hydrogen) atoms. The summed E-state index contributed by atoms with van der Waals surface area (Å²) in [6, 6.07) is 20.6. The van der Waals surface area contributed by atoms with Crippen LogP contribution in [0.2, 0.25) is 0 Å². The Morgan fingerprint density at radius 1 is 1.00 bits per heavy atom. The van der Waals surface area contributed by atoms with Gasteiger partial charge < -0.3 is 19.7 Å². The maximum absolute atomic E-state index is 13.6. The van der Waals surface area contributed by atoms with Gasteiger partial charge in [-0.2, -0.15) is 0 Å². The van der Waals surface area contributed by atoms with Gasteiger partial charge in [0, 0.05) is 18.8 Å². The van der Waals surface area contributed by atoms with Crippen molar-refractivity contribution < 1.29 is 14.3 Å². The highest BCUT2D eigenvalue weighted by atomic mass is 16.5. The zero-order valence-corrected chi connectivity index (χ0v) is 19.5. The van der Waals surface area contributed by atoms with Crippen molar-refractivity contribution in [1.82, 2.24) is 14.5 Å². The Morgan fingerprint density at radius 2 is 1.74 bits per heavy atom. The number of hydrogen-bond acceptors (Lipinski definition) is 5. The fourth-order valence-corrected chi connectivity index (χ4v) is 3.74. The van der Waals surface area contributed by atoms with E-state index >= 15 is 0 Å². The van der Waals surface area contributed by atoms with Crippen LogP contribution in [0.1, 0.15) is 18.8 Å².